The second-order valence-corrected chi connectivity index (χ2v) is 17.9. The van der Waals surface area contributed by atoms with Crippen molar-refractivity contribution in [3.63, 3.8) is 0 Å². The van der Waals surface area contributed by atoms with Gasteiger partial charge in [0.15, 0.2) is 6.29 Å². The van der Waals surface area contributed by atoms with Crippen LogP contribution in [0.5, 0.6) is 0 Å². The first-order valence-electron chi connectivity index (χ1n) is 26.3. The van der Waals surface area contributed by atoms with Crippen molar-refractivity contribution >= 4 is 11.9 Å². The van der Waals surface area contributed by atoms with Crippen LogP contribution < -0.4 is 5.32 Å². The van der Waals surface area contributed by atoms with E-state index < -0.39 is 49.5 Å². The number of nitrogens with one attached hydrogen (secondary N) is 1. The fourth-order valence-corrected chi connectivity index (χ4v) is 7.55. The van der Waals surface area contributed by atoms with Crippen molar-refractivity contribution in [3.8, 4) is 0 Å². The molecule has 1 rings (SSSR count). The van der Waals surface area contributed by atoms with Crippen molar-refractivity contribution in [3.05, 3.63) is 85.1 Å². The highest BCUT2D eigenvalue weighted by atomic mass is 16.7. The second kappa shape index (κ2) is 45.3. The summed E-state index contributed by atoms with van der Waals surface area (Å²) in [6.45, 7) is 3.95. The summed E-state index contributed by atoms with van der Waals surface area (Å²) in [6.07, 6.45) is 49.8. The lowest BCUT2D eigenvalue weighted by Crippen LogP contribution is -2.60. The van der Waals surface area contributed by atoms with Crippen LogP contribution in [-0.2, 0) is 23.8 Å². The first-order chi connectivity index (χ1) is 32.7. The number of carbonyl (C=O) groups excluding carboxylic acids is 2. The standard InChI is InChI=1S/C56H95NO10/c1-3-5-7-9-11-13-14-15-17-21-24-28-32-36-40-44-52(61)65-45-41-37-33-29-25-22-19-16-18-20-23-27-31-35-39-43-51(60)57-48(49(59)42-38-34-30-26-12-10-8-6-4-2)47-66-56-55(64)54(63)53(62)50(46-58)67-56/h4,6,11-13,15-17,19,22,25-26,38,42,48-50,53-56,58-59,62-64H,3,5,7-10,14,18,20-21,23-24,27-37,39-41,43-47H2,1-2H3,(H,57,60)/b6-4+,13-11-,17-15-,19-16-,25-22-,26-12+,42-38+. The summed E-state index contributed by atoms with van der Waals surface area (Å²) in [6, 6.07) is -0.852. The first kappa shape index (κ1) is 61.9. The maximum absolute atomic E-state index is 12.9. The van der Waals surface area contributed by atoms with E-state index in [2.05, 4.69) is 79.1 Å². The zero-order valence-electron chi connectivity index (χ0n) is 41.8. The van der Waals surface area contributed by atoms with E-state index in [1.807, 2.05) is 19.1 Å². The van der Waals surface area contributed by atoms with E-state index in [0.717, 1.165) is 109 Å². The SMILES string of the molecule is C/C=C/CC/C=C/CC/C=C/C(O)C(COC1OC(CO)C(O)C(O)C1O)NC(=O)CCCCCCCC/C=C\C=C/CCCCCOC(=O)CCCCCCC/C=C\C/C=C\CCCCC. The van der Waals surface area contributed by atoms with Gasteiger partial charge in [0, 0.05) is 12.8 Å². The number of rotatable bonds is 43. The Hall–Kier alpha value is -3.16. The molecule has 67 heavy (non-hydrogen) atoms. The molecular formula is C56H95NO10. The van der Waals surface area contributed by atoms with Gasteiger partial charge in [-0.2, -0.15) is 0 Å². The molecule has 0 radical (unpaired) electrons. The topological polar surface area (TPSA) is 175 Å². The third kappa shape index (κ3) is 35.6. The fourth-order valence-electron chi connectivity index (χ4n) is 7.55. The number of hydrogen-bond donors (Lipinski definition) is 6. The lowest BCUT2D eigenvalue weighted by molar-refractivity contribution is -0.302. The lowest BCUT2D eigenvalue weighted by atomic mass is 9.99. The van der Waals surface area contributed by atoms with E-state index in [9.17, 15) is 35.1 Å². The molecule has 0 spiro atoms. The molecule has 1 aliphatic rings. The van der Waals surface area contributed by atoms with Crippen LogP contribution in [0.1, 0.15) is 194 Å². The van der Waals surface area contributed by atoms with Gasteiger partial charge in [0.1, 0.15) is 24.4 Å². The predicted molar refractivity (Wildman–Crippen MR) is 273 cm³/mol. The highest BCUT2D eigenvalue weighted by molar-refractivity contribution is 5.76. The summed E-state index contributed by atoms with van der Waals surface area (Å²) in [4.78, 5) is 25.0. The summed E-state index contributed by atoms with van der Waals surface area (Å²) in [5, 5.41) is 54.0. The quantitative estimate of drug-likeness (QED) is 0.0149. The summed E-state index contributed by atoms with van der Waals surface area (Å²) in [7, 11) is 0. The Morgan fingerprint density at radius 1 is 0.597 bits per heavy atom. The zero-order valence-corrected chi connectivity index (χ0v) is 41.8. The molecule has 1 fully saturated rings. The number of aliphatic hydroxyl groups is 5. The highest BCUT2D eigenvalue weighted by Gasteiger charge is 2.44. The first-order valence-corrected chi connectivity index (χ1v) is 26.3. The Labute approximate surface area is 406 Å². The van der Waals surface area contributed by atoms with E-state index in [4.69, 9.17) is 14.2 Å². The van der Waals surface area contributed by atoms with Gasteiger partial charge in [-0.05, 0) is 116 Å². The maximum atomic E-state index is 12.9. The Balaban J connectivity index is 2.15. The molecule has 1 saturated heterocycles. The predicted octanol–water partition coefficient (Wildman–Crippen LogP) is 11.0. The average Bonchev–Trinajstić information content (AvgIpc) is 3.32. The van der Waals surface area contributed by atoms with Crippen molar-refractivity contribution in [2.24, 2.45) is 0 Å². The number of aliphatic hydroxyl groups excluding tert-OH is 5. The molecule has 1 amide bonds. The van der Waals surface area contributed by atoms with Crippen molar-refractivity contribution in [1.29, 1.82) is 0 Å². The molecule has 0 bridgehead atoms. The number of amides is 1. The molecule has 7 unspecified atom stereocenters. The molecule has 1 aliphatic heterocycles. The van der Waals surface area contributed by atoms with Crippen molar-refractivity contribution < 1.29 is 49.3 Å². The normalized spacial score (nSPS) is 20.3. The van der Waals surface area contributed by atoms with E-state index in [1.165, 1.54) is 44.9 Å². The minimum Gasteiger partial charge on any atom is -0.466 e. The van der Waals surface area contributed by atoms with Gasteiger partial charge in [-0.25, -0.2) is 0 Å². The molecule has 384 valence electrons. The van der Waals surface area contributed by atoms with Crippen molar-refractivity contribution in [2.75, 3.05) is 19.8 Å². The Morgan fingerprint density at radius 2 is 1.12 bits per heavy atom. The van der Waals surface area contributed by atoms with Gasteiger partial charge >= 0.3 is 5.97 Å². The van der Waals surface area contributed by atoms with Gasteiger partial charge < -0.3 is 45.1 Å². The molecular weight excluding hydrogens is 847 g/mol. The minimum atomic E-state index is -1.59. The van der Waals surface area contributed by atoms with Crippen LogP contribution in [0.2, 0.25) is 0 Å². The van der Waals surface area contributed by atoms with Crippen LogP contribution in [-0.4, -0.2) is 100 Å². The van der Waals surface area contributed by atoms with Gasteiger partial charge in [-0.15, -0.1) is 0 Å². The molecule has 7 atom stereocenters. The summed E-state index contributed by atoms with van der Waals surface area (Å²) < 4.78 is 16.6. The number of carbonyl (C=O) groups is 2. The molecule has 1 heterocycles. The number of hydrogen-bond acceptors (Lipinski definition) is 10. The van der Waals surface area contributed by atoms with E-state index in [0.29, 0.717) is 32.3 Å². The molecule has 0 saturated carbocycles. The third-order valence-electron chi connectivity index (χ3n) is 11.8. The van der Waals surface area contributed by atoms with Gasteiger partial charge in [0.25, 0.3) is 0 Å². The molecule has 6 N–H and O–H groups in total. The third-order valence-corrected chi connectivity index (χ3v) is 11.8. The highest BCUT2D eigenvalue weighted by Crippen LogP contribution is 2.22. The summed E-state index contributed by atoms with van der Waals surface area (Å²) >= 11 is 0. The summed E-state index contributed by atoms with van der Waals surface area (Å²) in [5.74, 6) is -0.284. The number of unbranched alkanes of at least 4 members (excludes halogenated alkanes) is 19. The number of ether oxygens (including phenoxy) is 3. The second-order valence-electron chi connectivity index (χ2n) is 17.9. The van der Waals surface area contributed by atoms with Gasteiger partial charge in [-0.3, -0.25) is 9.59 Å². The van der Waals surface area contributed by atoms with Gasteiger partial charge in [0.05, 0.1) is 32.0 Å². The molecule has 0 aromatic heterocycles. The maximum Gasteiger partial charge on any atom is 0.305 e. The van der Waals surface area contributed by atoms with Crippen LogP contribution in [0, 0.1) is 0 Å². The van der Waals surface area contributed by atoms with Gasteiger partial charge in [-0.1, -0.05) is 150 Å². The van der Waals surface area contributed by atoms with Crippen LogP contribution in [0.15, 0.2) is 85.1 Å². The number of esters is 1. The van der Waals surface area contributed by atoms with Crippen LogP contribution in [0.4, 0.5) is 0 Å². The fraction of sp³-hybridized carbons (Fsp3) is 0.714. The van der Waals surface area contributed by atoms with Crippen molar-refractivity contribution in [2.45, 2.75) is 236 Å². The van der Waals surface area contributed by atoms with Crippen LogP contribution in [0.3, 0.4) is 0 Å². The zero-order chi connectivity index (χ0) is 48.8. The average molecular weight is 942 g/mol. The Bertz CT molecular complexity index is 1390. The van der Waals surface area contributed by atoms with Crippen molar-refractivity contribution in [1.82, 2.24) is 5.32 Å². The van der Waals surface area contributed by atoms with Crippen LogP contribution in [0.25, 0.3) is 0 Å². The molecule has 0 aliphatic carbocycles. The molecule has 11 heteroatoms. The molecule has 11 nitrogen and oxygen atoms in total. The Kier molecular flexibility index (Phi) is 41.8. The monoisotopic (exact) mass is 942 g/mol. The molecule has 0 aromatic rings. The van der Waals surface area contributed by atoms with E-state index in [1.54, 1.807) is 6.08 Å². The number of allylic oxidation sites excluding steroid dienone is 13. The minimum absolute atomic E-state index is 0.0585. The Morgan fingerprint density at radius 3 is 1.73 bits per heavy atom. The van der Waals surface area contributed by atoms with Crippen LogP contribution >= 0.6 is 0 Å². The van der Waals surface area contributed by atoms with E-state index in [-0.39, 0.29) is 18.5 Å². The van der Waals surface area contributed by atoms with Gasteiger partial charge in [0.2, 0.25) is 5.91 Å². The lowest BCUT2D eigenvalue weighted by Gasteiger charge is -2.40. The largest absolute Gasteiger partial charge is 0.466 e. The molecule has 0 aromatic carbocycles. The summed E-state index contributed by atoms with van der Waals surface area (Å²) in [5.41, 5.74) is 0. The van der Waals surface area contributed by atoms with E-state index >= 15 is 0 Å². The smallest absolute Gasteiger partial charge is 0.305 e.